The molecule has 1 N–H and O–H groups in total. The lowest BCUT2D eigenvalue weighted by Crippen LogP contribution is -2.53. The Hall–Kier alpha value is -3.85. The van der Waals surface area contributed by atoms with Gasteiger partial charge in [-0.1, -0.05) is 109 Å². The number of unbranched alkanes of at least 4 members (excludes halogenated alkanes) is 1. The van der Waals surface area contributed by atoms with Gasteiger partial charge in [0, 0.05) is 19.5 Å². The molecule has 4 aromatic rings. The zero-order valence-electron chi connectivity index (χ0n) is 25.3. The molecule has 4 rings (SSSR count). The van der Waals surface area contributed by atoms with Crippen LogP contribution < -0.4 is 9.62 Å². The molecule has 236 valence electrons. The highest BCUT2D eigenvalue weighted by atomic mass is 35.5. The Bertz CT molecular complexity index is 1690. The molecule has 0 aromatic heterocycles. The van der Waals surface area contributed by atoms with Crippen molar-refractivity contribution in [2.75, 3.05) is 17.4 Å². The highest BCUT2D eigenvalue weighted by molar-refractivity contribution is 7.92. The number of amides is 2. The minimum absolute atomic E-state index is 0.00162. The first-order valence-corrected chi connectivity index (χ1v) is 17.0. The number of nitrogens with zero attached hydrogens (tertiary/aromatic N) is 2. The van der Waals surface area contributed by atoms with Crippen molar-refractivity contribution in [3.05, 3.63) is 130 Å². The highest BCUT2D eigenvalue weighted by Gasteiger charge is 2.34. The van der Waals surface area contributed by atoms with Crippen molar-refractivity contribution in [3.63, 3.8) is 0 Å². The van der Waals surface area contributed by atoms with Crippen LogP contribution in [0, 0.1) is 6.92 Å². The number of anilines is 1. The summed E-state index contributed by atoms with van der Waals surface area (Å²) in [5, 5.41) is 3.64. The van der Waals surface area contributed by atoms with E-state index in [1.807, 2.05) is 44.2 Å². The normalized spacial score (nSPS) is 11.9. The largest absolute Gasteiger partial charge is 0.354 e. The van der Waals surface area contributed by atoms with E-state index < -0.39 is 28.5 Å². The van der Waals surface area contributed by atoms with Gasteiger partial charge in [0.1, 0.15) is 12.6 Å². The Morgan fingerprint density at radius 3 is 2.09 bits per heavy atom. The molecule has 0 fully saturated rings. The molecule has 10 heteroatoms. The fourth-order valence-electron chi connectivity index (χ4n) is 4.86. The quantitative estimate of drug-likeness (QED) is 0.146. The lowest BCUT2D eigenvalue weighted by Gasteiger charge is -2.34. The van der Waals surface area contributed by atoms with Gasteiger partial charge in [0.2, 0.25) is 11.8 Å². The molecule has 45 heavy (non-hydrogen) atoms. The summed E-state index contributed by atoms with van der Waals surface area (Å²) >= 11 is 12.5. The van der Waals surface area contributed by atoms with E-state index in [1.54, 1.807) is 60.7 Å². The van der Waals surface area contributed by atoms with E-state index in [2.05, 4.69) is 5.32 Å². The molecule has 7 nitrogen and oxygen atoms in total. The first-order valence-electron chi connectivity index (χ1n) is 14.8. The van der Waals surface area contributed by atoms with Crippen molar-refractivity contribution in [1.29, 1.82) is 0 Å². The first-order chi connectivity index (χ1) is 21.6. The standard InChI is InChI=1S/C35H37Cl2N3O4S/c1-3-4-21-38-35(42)33(23-27-11-7-5-8-12-27)39(24-28-17-20-31(36)32(37)22-28)34(41)25-40(29-13-9-6-10-14-29)45(43,44)30-18-15-26(2)16-19-30/h5-20,22,33H,3-4,21,23-25H2,1-2H3,(H,38,42). The third kappa shape index (κ3) is 9.10. The maximum absolute atomic E-state index is 14.5. The average molecular weight is 667 g/mol. The van der Waals surface area contributed by atoms with Crippen LogP contribution in [0.4, 0.5) is 5.69 Å². The van der Waals surface area contributed by atoms with Gasteiger partial charge in [-0.15, -0.1) is 0 Å². The smallest absolute Gasteiger partial charge is 0.264 e. The van der Waals surface area contributed by atoms with Gasteiger partial charge in [0.15, 0.2) is 0 Å². The second-order valence-corrected chi connectivity index (χ2v) is 13.5. The van der Waals surface area contributed by atoms with Crippen molar-refractivity contribution in [2.24, 2.45) is 0 Å². The summed E-state index contributed by atoms with van der Waals surface area (Å²) < 4.78 is 29.2. The van der Waals surface area contributed by atoms with Gasteiger partial charge in [-0.25, -0.2) is 8.42 Å². The molecule has 0 heterocycles. The zero-order valence-corrected chi connectivity index (χ0v) is 27.7. The van der Waals surface area contributed by atoms with Gasteiger partial charge in [-0.05, 0) is 60.9 Å². The Balaban J connectivity index is 1.78. The molecule has 0 aliphatic heterocycles. The van der Waals surface area contributed by atoms with Crippen LogP contribution in [-0.2, 0) is 32.6 Å². The van der Waals surface area contributed by atoms with Crippen LogP contribution in [0.2, 0.25) is 10.0 Å². The Morgan fingerprint density at radius 1 is 0.822 bits per heavy atom. The van der Waals surface area contributed by atoms with E-state index in [9.17, 15) is 18.0 Å². The number of hydrogen-bond donors (Lipinski definition) is 1. The molecular formula is C35H37Cl2N3O4S. The molecule has 0 radical (unpaired) electrons. The summed E-state index contributed by atoms with van der Waals surface area (Å²) in [5.41, 5.74) is 2.73. The Morgan fingerprint density at radius 2 is 1.47 bits per heavy atom. The maximum atomic E-state index is 14.5. The molecule has 0 saturated heterocycles. The molecule has 0 saturated carbocycles. The summed E-state index contributed by atoms with van der Waals surface area (Å²) in [5.74, 6) is -0.874. The number of halogens is 2. The Labute approximate surface area is 275 Å². The lowest BCUT2D eigenvalue weighted by atomic mass is 10.0. The molecule has 0 aliphatic rings. The summed E-state index contributed by atoms with van der Waals surface area (Å²) in [6, 6.07) is 28.5. The zero-order chi connectivity index (χ0) is 32.4. The van der Waals surface area contributed by atoms with Gasteiger partial charge in [0.05, 0.1) is 20.6 Å². The van der Waals surface area contributed by atoms with E-state index in [0.29, 0.717) is 27.8 Å². The van der Waals surface area contributed by atoms with Crippen molar-refractivity contribution < 1.29 is 18.0 Å². The predicted octanol–water partition coefficient (Wildman–Crippen LogP) is 7.05. The number of aryl methyl sites for hydroxylation is 1. The number of benzene rings is 4. The van der Waals surface area contributed by atoms with Gasteiger partial charge >= 0.3 is 0 Å². The van der Waals surface area contributed by atoms with E-state index >= 15 is 0 Å². The molecule has 1 unspecified atom stereocenters. The van der Waals surface area contributed by atoms with Crippen molar-refractivity contribution in [3.8, 4) is 0 Å². The molecular weight excluding hydrogens is 629 g/mol. The molecule has 4 aromatic carbocycles. The first kappa shape index (κ1) is 34.0. The summed E-state index contributed by atoms with van der Waals surface area (Å²) in [4.78, 5) is 29.8. The molecule has 0 aliphatic carbocycles. The van der Waals surface area contributed by atoms with Crippen LogP contribution >= 0.6 is 23.2 Å². The number of nitrogens with one attached hydrogen (secondary N) is 1. The second kappa shape index (κ2) is 15.9. The number of sulfonamides is 1. The summed E-state index contributed by atoms with van der Waals surface area (Å²) in [7, 11) is -4.16. The van der Waals surface area contributed by atoms with Crippen LogP contribution in [-0.4, -0.2) is 44.3 Å². The molecule has 0 bridgehead atoms. The van der Waals surface area contributed by atoms with Crippen molar-refractivity contribution in [2.45, 2.75) is 50.6 Å². The van der Waals surface area contributed by atoms with Crippen LogP contribution in [0.1, 0.15) is 36.5 Å². The summed E-state index contributed by atoms with van der Waals surface area (Å²) in [6.07, 6.45) is 1.89. The van der Waals surface area contributed by atoms with Gasteiger partial charge in [0.25, 0.3) is 10.0 Å². The number of rotatable bonds is 14. The predicted molar refractivity (Wildman–Crippen MR) is 181 cm³/mol. The average Bonchev–Trinajstić information content (AvgIpc) is 3.04. The van der Waals surface area contributed by atoms with E-state index in [0.717, 1.165) is 28.3 Å². The SMILES string of the molecule is CCCCNC(=O)C(Cc1ccccc1)N(Cc1ccc(Cl)c(Cl)c1)C(=O)CN(c1ccccc1)S(=O)(=O)c1ccc(C)cc1. The van der Waals surface area contributed by atoms with Crippen molar-refractivity contribution in [1.82, 2.24) is 10.2 Å². The van der Waals surface area contributed by atoms with Crippen molar-refractivity contribution >= 4 is 50.7 Å². The highest BCUT2D eigenvalue weighted by Crippen LogP contribution is 2.27. The van der Waals surface area contributed by atoms with Crippen LogP contribution in [0.25, 0.3) is 0 Å². The third-order valence-corrected chi connectivity index (χ3v) is 9.90. The van der Waals surface area contributed by atoms with Crippen LogP contribution in [0.5, 0.6) is 0 Å². The van der Waals surface area contributed by atoms with Crippen LogP contribution in [0.15, 0.2) is 108 Å². The Kier molecular flexibility index (Phi) is 12.0. The van der Waals surface area contributed by atoms with Gasteiger partial charge in [-0.2, -0.15) is 0 Å². The number of carbonyl (C=O) groups excluding carboxylic acids is 2. The molecule has 1 atom stereocenters. The van der Waals surface area contributed by atoms with Gasteiger partial charge < -0.3 is 10.2 Å². The maximum Gasteiger partial charge on any atom is 0.264 e. The lowest BCUT2D eigenvalue weighted by molar-refractivity contribution is -0.140. The second-order valence-electron chi connectivity index (χ2n) is 10.8. The third-order valence-electron chi connectivity index (χ3n) is 7.37. The minimum atomic E-state index is -4.16. The number of carbonyl (C=O) groups is 2. The molecule has 2 amide bonds. The van der Waals surface area contributed by atoms with E-state index in [-0.39, 0.29) is 23.8 Å². The van der Waals surface area contributed by atoms with E-state index in [4.69, 9.17) is 23.2 Å². The van der Waals surface area contributed by atoms with Crippen LogP contribution in [0.3, 0.4) is 0 Å². The topological polar surface area (TPSA) is 86.8 Å². The number of para-hydroxylation sites is 1. The number of hydrogen-bond acceptors (Lipinski definition) is 4. The fraction of sp³-hybridized carbons (Fsp3) is 0.257. The molecule has 0 spiro atoms. The van der Waals surface area contributed by atoms with Gasteiger partial charge in [-0.3, -0.25) is 13.9 Å². The van der Waals surface area contributed by atoms with E-state index in [1.165, 1.54) is 17.0 Å². The minimum Gasteiger partial charge on any atom is -0.354 e. The monoisotopic (exact) mass is 665 g/mol. The summed E-state index contributed by atoms with van der Waals surface area (Å²) in [6.45, 7) is 3.82. The fourth-order valence-corrected chi connectivity index (χ4v) is 6.59.